The van der Waals surface area contributed by atoms with E-state index in [1.165, 1.54) is 0 Å². The second-order valence-corrected chi connectivity index (χ2v) is 3.87. The molecular formula is C13H19NO3. The molecule has 0 aliphatic heterocycles. The lowest BCUT2D eigenvalue weighted by Crippen LogP contribution is -2.19. The van der Waals surface area contributed by atoms with Crippen molar-refractivity contribution in [3.63, 3.8) is 0 Å². The van der Waals surface area contributed by atoms with Crippen LogP contribution < -0.4 is 14.8 Å². The predicted molar refractivity (Wildman–Crippen MR) is 67.6 cm³/mol. The third kappa shape index (κ3) is 3.37. The van der Waals surface area contributed by atoms with Crippen molar-refractivity contribution in [3.05, 3.63) is 18.2 Å². The van der Waals surface area contributed by atoms with Gasteiger partial charge in [-0.1, -0.05) is 13.8 Å². The smallest absolute Gasteiger partial charge is 0.227 e. The monoisotopic (exact) mass is 237 g/mol. The van der Waals surface area contributed by atoms with Crippen LogP contribution in [0.5, 0.6) is 11.5 Å². The van der Waals surface area contributed by atoms with Crippen molar-refractivity contribution in [2.75, 3.05) is 19.5 Å². The van der Waals surface area contributed by atoms with Gasteiger partial charge in [0.1, 0.15) is 0 Å². The van der Waals surface area contributed by atoms with Gasteiger partial charge in [-0.25, -0.2) is 0 Å². The van der Waals surface area contributed by atoms with Gasteiger partial charge in [-0.05, 0) is 18.6 Å². The highest BCUT2D eigenvalue weighted by Gasteiger charge is 2.12. The van der Waals surface area contributed by atoms with Gasteiger partial charge in [0.25, 0.3) is 0 Å². The van der Waals surface area contributed by atoms with E-state index in [-0.39, 0.29) is 11.8 Å². The first kappa shape index (κ1) is 13.4. The maximum absolute atomic E-state index is 11.7. The minimum Gasteiger partial charge on any atom is -0.493 e. The van der Waals surface area contributed by atoms with Gasteiger partial charge in [-0.3, -0.25) is 4.79 Å². The van der Waals surface area contributed by atoms with Crippen molar-refractivity contribution in [3.8, 4) is 11.5 Å². The summed E-state index contributed by atoms with van der Waals surface area (Å²) in [4.78, 5) is 11.7. The van der Waals surface area contributed by atoms with Crippen molar-refractivity contribution in [2.45, 2.75) is 20.3 Å². The number of hydrogen-bond acceptors (Lipinski definition) is 3. The Balaban J connectivity index is 2.82. The van der Waals surface area contributed by atoms with E-state index in [1.54, 1.807) is 32.4 Å². The number of rotatable bonds is 5. The molecule has 0 fully saturated rings. The van der Waals surface area contributed by atoms with Gasteiger partial charge in [0.05, 0.1) is 14.2 Å². The third-order valence-electron chi connectivity index (χ3n) is 2.71. The minimum atomic E-state index is 0.00287. The largest absolute Gasteiger partial charge is 0.493 e. The van der Waals surface area contributed by atoms with Crippen molar-refractivity contribution >= 4 is 11.6 Å². The lowest BCUT2D eigenvalue weighted by Gasteiger charge is -2.12. The minimum absolute atomic E-state index is 0.00287. The van der Waals surface area contributed by atoms with Gasteiger partial charge < -0.3 is 14.8 Å². The molecule has 1 amide bonds. The van der Waals surface area contributed by atoms with Crippen molar-refractivity contribution in [2.24, 2.45) is 5.92 Å². The fraction of sp³-hybridized carbons (Fsp3) is 0.462. The van der Waals surface area contributed by atoms with Crippen LogP contribution >= 0.6 is 0 Å². The van der Waals surface area contributed by atoms with E-state index in [0.717, 1.165) is 6.42 Å². The van der Waals surface area contributed by atoms with Crippen LogP contribution in [0, 0.1) is 5.92 Å². The molecule has 17 heavy (non-hydrogen) atoms. The van der Waals surface area contributed by atoms with Crippen LogP contribution in [-0.4, -0.2) is 20.1 Å². The summed E-state index contributed by atoms with van der Waals surface area (Å²) in [5.41, 5.74) is 0.716. The lowest BCUT2D eigenvalue weighted by molar-refractivity contribution is -0.119. The second kappa shape index (κ2) is 6.13. The maximum Gasteiger partial charge on any atom is 0.227 e. The number of hydrogen-bond donors (Lipinski definition) is 1. The normalized spacial score (nSPS) is 11.8. The van der Waals surface area contributed by atoms with Crippen LogP contribution in [0.1, 0.15) is 20.3 Å². The summed E-state index contributed by atoms with van der Waals surface area (Å²) in [6.45, 7) is 3.88. The Morgan fingerprint density at radius 1 is 1.29 bits per heavy atom. The Kier molecular flexibility index (Phi) is 4.82. The topological polar surface area (TPSA) is 47.6 Å². The van der Waals surface area contributed by atoms with E-state index in [4.69, 9.17) is 9.47 Å². The summed E-state index contributed by atoms with van der Waals surface area (Å²) in [7, 11) is 3.15. The fourth-order valence-corrected chi connectivity index (χ4v) is 1.36. The number of ether oxygens (including phenoxy) is 2. The molecule has 0 spiro atoms. The average molecular weight is 237 g/mol. The molecule has 0 bridgehead atoms. The SMILES string of the molecule is CC[C@@H](C)C(=O)Nc1ccc(OC)c(OC)c1. The zero-order valence-electron chi connectivity index (χ0n) is 10.7. The van der Waals surface area contributed by atoms with Gasteiger partial charge in [-0.2, -0.15) is 0 Å². The molecule has 94 valence electrons. The van der Waals surface area contributed by atoms with Crippen LogP contribution in [0.25, 0.3) is 0 Å². The van der Waals surface area contributed by atoms with Gasteiger partial charge >= 0.3 is 0 Å². The molecule has 0 radical (unpaired) electrons. The zero-order valence-corrected chi connectivity index (χ0v) is 10.7. The maximum atomic E-state index is 11.7. The highest BCUT2D eigenvalue weighted by atomic mass is 16.5. The van der Waals surface area contributed by atoms with E-state index in [1.807, 2.05) is 13.8 Å². The number of anilines is 1. The van der Waals surface area contributed by atoms with Crippen molar-refractivity contribution in [1.29, 1.82) is 0 Å². The van der Waals surface area contributed by atoms with E-state index < -0.39 is 0 Å². The molecule has 1 N–H and O–H groups in total. The molecular weight excluding hydrogens is 218 g/mol. The average Bonchev–Trinajstić information content (AvgIpc) is 2.37. The Labute approximate surface area is 102 Å². The predicted octanol–water partition coefficient (Wildman–Crippen LogP) is 2.69. The number of carbonyl (C=O) groups is 1. The number of nitrogens with one attached hydrogen (secondary N) is 1. The summed E-state index contributed by atoms with van der Waals surface area (Å²) in [6, 6.07) is 5.31. The Bertz CT molecular complexity index is 390. The molecule has 4 nitrogen and oxygen atoms in total. The van der Waals surface area contributed by atoms with Crippen molar-refractivity contribution in [1.82, 2.24) is 0 Å². The highest BCUT2D eigenvalue weighted by molar-refractivity contribution is 5.92. The molecule has 0 aliphatic carbocycles. The first-order chi connectivity index (χ1) is 8.12. The van der Waals surface area contributed by atoms with Crippen molar-refractivity contribution < 1.29 is 14.3 Å². The molecule has 0 aromatic heterocycles. The molecule has 0 heterocycles. The van der Waals surface area contributed by atoms with Crippen LogP contribution in [-0.2, 0) is 4.79 Å². The number of amides is 1. The Morgan fingerprint density at radius 2 is 1.94 bits per heavy atom. The van der Waals surface area contributed by atoms with Gasteiger partial charge in [0.2, 0.25) is 5.91 Å². The number of benzene rings is 1. The van der Waals surface area contributed by atoms with Gasteiger partial charge in [0, 0.05) is 17.7 Å². The van der Waals surface area contributed by atoms with Crippen LogP contribution in [0.15, 0.2) is 18.2 Å². The lowest BCUT2D eigenvalue weighted by atomic mass is 10.1. The first-order valence-corrected chi connectivity index (χ1v) is 5.65. The Hall–Kier alpha value is -1.71. The standard InChI is InChI=1S/C13H19NO3/c1-5-9(2)13(15)14-10-6-7-11(16-3)12(8-10)17-4/h6-9H,5H2,1-4H3,(H,14,15)/t9-/m1/s1. The molecule has 4 heteroatoms. The summed E-state index contributed by atoms with van der Waals surface area (Å²) >= 11 is 0. The van der Waals surface area contributed by atoms with E-state index in [9.17, 15) is 4.79 Å². The molecule has 1 aromatic carbocycles. The number of methoxy groups -OCH3 is 2. The van der Waals surface area contributed by atoms with E-state index in [2.05, 4.69) is 5.32 Å². The van der Waals surface area contributed by atoms with Gasteiger partial charge in [-0.15, -0.1) is 0 Å². The van der Waals surface area contributed by atoms with E-state index >= 15 is 0 Å². The number of carbonyl (C=O) groups excluding carboxylic acids is 1. The molecule has 1 aromatic rings. The Morgan fingerprint density at radius 3 is 2.47 bits per heavy atom. The summed E-state index contributed by atoms with van der Waals surface area (Å²) in [5.74, 6) is 1.27. The molecule has 0 unspecified atom stereocenters. The van der Waals surface area contributed by atoms with E-state index in [0.29, 0.717) is 17.2 Å². The zero-order chi connectivity index (χ0) is 12.8. The van der Waals surface area contributed by atoms with Crippen LogP contribution in [0.4, 0.5) is 5.69 Å². The highest BCUT2D eigenvalue weighted by Crippen LogP contribution is 2.29. The van der Waals surface area contributed by atoms with Crippen LogP contribution in [0.3, 0.4) is 0 Å². The quantitative estimate of drug-likeness (QED) is 0.856. The molecule has 0 saturated carbocycles. The second-order valence-electron chi connectivity index (χ2n) is 3.87. The first-order valence-electron chi connectivity index (χ1n) is 5.65. The fourth-order valence-electron chi connectivity index (χ4n) is 1.36. The molecule has 1 atom stereocenters. The van der Waals surface area contributed by atoms with Crippen LogP contribution in [0.2, 0.25) is 0 Å². The summed E-state index contributed by atoms with van der Waals surface area (Å²) < 4.78 is 10.3. The third-order valence-corrected chi connectivity index (χ3v) is 2.71. The molecule has 1 rings (SSSR count). The molecule has 0 saturated heterocycles. The van der Waals surface area contributed by atoms with Gasteiger partial charge in [0.15, 0.2) is 11.5 Å². The molecule has 0 aliphatic rings. The summed E-state index contributed by atoms with van der Waals surface area (Å²) in [5, 5.41) is 2.84. The summed E-state index contributed by atoms with van der Waals surface area (Å²) in [6.07, 6.45) is 0.819.